The number of hydrogen-bond acceptors (Lipinski definition) is 2. The molecule has 0 bridgehead atoms. The molecule has 0 heterocycles. The minimum Gasteiger partial charge on any atom is -0.375 e. The molecule has 0 saturated carbocycles. The van der Waals surface area contributed by atoms with Gasteiger partial charge in [-0.3, -0.25) is 0 Å². The molecule has 0 fully saturated rings. The van der Waals surface area contributed by atoms with Gasteiger partial charge in [0.05, 0.1) is 0 Å². The maximum Gasteiger partial charge on any atom is 0.422 e. The van der Waals surface area contributed by atoms with Crippen molar-refractivity contribution in [3.63, 3.8) is 0 Å². The van der Waals surface area contributed by atoms with Crippen LogP contribution in [0.5, 0.6) is 0 Å². The highest BCUT2D eigenvalue weighted by atomic mass is 35.5. The molecule has 0 aliphatic carbocycles. The van der Waals surface area contributed by atoms with E-state index in [4.69, 9.17) is 5.73 Å². The van der Waals surface area contributed by atoms with Gasteiger partial charge in [0.25, 0.3) is 0 Å². The molecule has 0 aliphatic rings. The standard InChI is InChI=1S/C9H10F3NO.ClH/c10-9(11,12)8(14,6-13)7-4-2-1-3-5-7;/h1-5,14H,6,13H2;1H. The van der Waals surface area contributed by atoms with Crippen molar-refractivity contribution in [3.8, 4) is 0 Å². The van der Waals surface area contributed by atoms with Crippen LogP contribution in [0.2, 0.25) is 0 Å². The molecule has 1 rings (SSSR count). The average Bonchev–Trinajstić information content (AvgIpc) is 2.16. The van der Waals surface area contributed by atoms with Crippen LogP contribution >= 0.6 is 12.4 Å². The third kappa shape index (κ3) is 2.62. The van der Waals surface area contributed by atoms with Gasteiger partial charge in [-0.25, -0.2) is 0 Å². The normalized spacial score (nSPS) is 15.3. The molecule has 0 radical (unpaired) electrons. The van der Waals surface area contributed by atoms with Gasteiger partial charge in [0.15, 0.2) is 5.60 Å². The summed E-state index contributed by atoms with van der Waals surface area (Å²) in [5.41, 5.74) is 1.76. The molecule has 0 aromatic heterocycles. The number of nitrogens with two attached hydrogens (primary N) is 1. The molecule has 1 aromatic carbocycles. The van der Waals surface area contributed by atoms with Crippen molar-refractivity contribution in [1.29, 1.82) is 0 Å². The van der Waals surface area contributed by atoms with E-state index in [1.165, 1.54) is 24.3 Å². The Balaban J connectivity index is 0.00000196. The Labute approximate surface area is 91.3 Å². The van der Waals surface area contributed by atoms with E-state index in [9.17, 15) is 18.3 Å². The fourth-order valence-corrected chi connectivity index (χ4v) is 1.11. The molecular formula is C9H11ClF3NO. The first-order valence-corrected chi connectivity index (χ1v) is 3.96. The zero-order chi connectivity index (χ0) is 10.8. The van der Waals surface area contributed by atoms with Crippen LogP contribution < -0.4 is 5.73 Å². The van der Waals surface area contributed by atoms with Crippen LogP contribution in [0.25, 0.3) is 0 Å². The Morgan fingerprint density at radius 2 is 1.60 bits per heavy atom. The van der Waals surface area contributed by atoms with E-state index in [-0.39, 0.29) is 18.0 Å². The van der Waals surface area contributed by atoms with Crippen molar-refractivity contribution in [3.05, 3.63) is 35.9 Å². The number of aliphatic hydroxyl groups is 1. The van der Waals surface area contributed by atoms with Crippen molar-refractivity contribution < 1.29 is 18.3 Å². The predicted octanol–water partition coefficient (Wildman–Crippen LogP) is 1.82. The molecule has 0 spiro atoms. The summed E-state index contributed by atoms with van der Waals surface area (Å²) < 4.78 is 37.4. The van der Waals surface area contributed by atoms with Crippen LogP contribution in [0.1, 0.15) is 5.56 Å². The maximum atomic E-state index is 12.5. The Morgan fingerprint density at radius 1 is 1.13 bits per heavy atom. The van der Waals surface area contributed by atoms with Crippen molar-refractivity contribution in [2.75, 3.05) is 6.54 Å². The summed E-state index contributed by atoms with van der Waals surface area (Å²) >= 11 is 0. The summed E-state index contributed by atoms with van der Waals surface area (Å²) in [5, 5.41) is 9.38. The number of hydrogen-bond donors (Lipinski definition) is 2. The summed E-state index contributed by atoms with van der Waals surface area (Å²) in [6.45, 7) is -0.888. The summed E-state index contributed by atoms with van der Waals surface area (Å²) in [6, 6.07) is 6.79. The SMILES string of the molecule is Cl.NCC(O)(c1ccccc1)C(F)(F)F. The van der Waals surface area contributed by atoms with E-state index in [0.29, 0.717) is 0 Å². The Morgan fingerprint density at radius 3 is 1.93 bits per heavy atom. The van der Waals surface area contributed by atoms with Gasteiger partial charge in [0.2, 0.25) is 0 Å². The average molecular weight is 242 g/mol. The van der Waals surface area contributed by atoms with Gasteiger partial charge >= 0.3 is 6.18 Å². The van der Waals surface area contributed by atoms with E-state index in [0.717, 1.165) is 0 Å². The molecule has 0 saturated heterocycles. The van der Waals surface area contributed by atoms with E-state index >= 15 is 0 Å². The fourth-order valence-electron chi connectivity index (χ4n) is 1.11. The Bertz CT molecular complexity index is 304. The summed E-state index contributed by atoms with van der Waals surface area (Å²) in [5.74, 6) is 0. The highest BCUT2D eigenvalue weighted by molar-refractivity contribution is 5.85. The first-order chi connectivity index (χ1) is 6.42. The van der Waals surface area contributed by atoms with Gasteiger partial charge in [0.1, 0.15) is 0 Å². The quantitative estimate of drug-likeness (QED) is 0.830. The fraction of sp³-hybridized carbons (Fsp3) is 0.333. The molecular weight excluding hydrogens is 231 g/mol. The molecule has 0 amide bonds. The predicted molar refractivity (Wildman–Crippen MR) is 52.7 cm³/mol. The lowest BCUT2D eigenvalue weighted by atomic mass is 9.93. The molecule has 1 atom stereocenters. The first-order valence-electron chi connectivity index (χ1n) is 3.96. The summed E-state index contributed by atoms with van der Waals surface area (Å²) in [7, 11) is 0. The number of rotatable bonds is 2. The molecule has 0 aliphatic heterocycles. The molecule has 6 heteroatoms. The van der Waals surface area contributed by atoms with E-state index in [1.807, 2.05) is 0 Å². The van der Waals surface area contributed by atoms with Crippen LogP contribution in [0.4, 0.5) is 13.2 Å². The minimum absolute atomic E-state index is 0. The lowest BCUT2D eigenvalue weighted by Gasteiger charge is -2.29. The minimum atomic E-state index is -4.76. The number of benzene rings is 1. The van der Waals surface area contributed by atoms with Crippen molar-refractivity contribution in [2.24, 2.45) is 5.73 Å². The van der Waals surface area contributed by atoms with E-state index in [2.05, 4.69) is 0 Å². The maximum absolute atomic E-state index is 12.5. The van der Waals surface area contributed by atoms with Gasteiger partial charge in [-0.15, -0.1) is 12.4 Å². The highest BCUT2D eigenvalue weighted by Gasteiger charge is 2.53. The van der Waals surface area contributed by atoms with Crippen molar-refractivity contribution in [2.45, 2.75) is 11.8 Å². The van der Waals surface area contributed by atoms with Crippen LogP contribution in [-0.4, -0.2) is 17.8 Å². The zero-order valence-corrected chi connectivity index (χ0v) is 8.48. The highest BCUT2D eigenvalue weighted by Crippen LogP contribution is 2.37. The zero-order valence-electron chi connectivity index (χ0n) is 7.66. The monoisotopic (exact) mass is 241 g/mol. The second-order valence-electron chi connectivity index (χ2n) is 2.93. The lowest BCUT2D eigenvalue weighted by molar-refractivity contribution is -0.262. The van der Waals surface area contributed by atoms with Crippen LogP contribution in [0, 0.1) is 0 Å². The van der Waals surface area contributed by atoms with Gasteiger partial charge in [0, 0.05) is 6.54 Å². The Kier molecular flexibility index (Phi) is 4.58. The van der Waals surface area contributed by atoms with E-state index in [1.54, 1.807) is 6.07 Å². The second-order valence-corrected chi connectivity index (χ2v) is 2.93. The Hall–Kier alpha value is -0.780. The van der Waals surface area contributed by atoms with Crippen molar-refractivity contribution in [1.82, 2.24) is 0 Å². The third-order valence-corrected chi connectivity index (χ3v) is 2.02. The largest absolute Gasteiger partial charge is 0.422 e. The van der Waals surface area contributed by atoms with Crippen LogP contribution in [0.3, 0.4) is 0 Å². The molecule has 1 aromatic rings. The number of alkyl halides is 3. The van der Waals surface area contributed by atoms with Gasteiger partial charge < -0.3 is 10.8 Å². The lowest BCUT2D eigenvalue weighted by Crippen LogP contribution is -2.48. The number of halogens is 4. The molecule has 15 heavy (non-hydrogen) atoms. The second kappa shape index (κ2) is 4.83. The smallest absolute Gasteiger partial charge is 0.375 e. The summed E-state index contributed by atoms with van der Waals surface area (Å²) in [4.78, 5) is 0. The molecule has 86 valence electrons. The van der Waals surface area contributed by atoms with Gasteiger partial charge in [-0.1, -0.05) is 30.3 Å². The third-order valence-electron chi connectivity index (χ3n) is 2.02. The first kappa shape index (κ1) is 14.2. The summed E-state index contributed by atoms with van der Waals surface area (Å²) in [6.07, 6.45) is -4.76. The van der Waals surface area contributed by atoms with Crippen LogP contribution in [-0.2, 0) is 5.60 Å². The topological polar surface area (TPSA) is 46.2 Å². The van der Waals surface area contributed by atoms with Gasteiger partial charge in [-0.2, -0.15) is 13.2 Å². The van der Waals surface area contributed by atoms with Crippen LogP contribution in [0.15, 0.2) is 30.3 Å². The molecule has 2 nitrogen and oxygen atoms in total. The van der Waals surface area contributed by atoms with E-state index < -0.39 is 18.3 Å². The molecule has 1 unspecified atom stereocenters. The van der Waals surface area contributed by atoms with Gasteiger partial charge in [-0.05, 0) is 5.56 Å². The molecule has 3 N–H and O–H groups in total. The van der Waals surface area contributed by atoms with Crippen molar-refractivity contribution >= 4 is 12.4 Å².